The molecule has 0 saturated carbocycles. The Hall–Kier alpha value is -2.96. The van der Waals surface area contributed by atoms with Gasteiger partial charge in [0.15, 0.2) is 5.65 Å². The number of hydrogen-bond donors (Lipinski definition) is 0. The minimum atomic E-state index is 0.222. The molecule has 1 aromatic carbocycles. The monoisotopic (exact) mass is 392 g/mol. The van der Waals surface area contributed by atoms with Crippen molar-refractivity contribution in [3.8, 4) is 5.69 Å². The number of carbonyl (C=O) groups excluding carboxylic acids is 1. The third-order valence-electron chi connectivity index (χ3n) is 5.52. The summed E-state index contributed by atoms with van der Waals surface area (Å²) in [5, 5.41) is 5.78. The fraction of sp³-hybridized carbons (Fsp3) is 0.455. The molecule has 0 atom stereocenters. The summed E-state index contributed by atoms with van der Waals surface area (Å²) in [7, 11) is 0. The van der Waals surface area contributed by atoms with Gasteiger partial charge in [-0.25, -0.2) is 14.6 Å². The van der Waals surface area contributed by atoms with Gasteiger partial charge in [0.05, 0.1) is 16.8 Å². The van der Waals surface area contributed by atoms with Crippen molar-refractivity contribution in [1.82, 2.24) is 24.6 Å². The Bertz CT molecular complexity index is 1040. The fourth-order valence-corrected chi connectivity index (χ4v) is 3.96. The number of rotatable bonds is 3. The molecule has 0 N–H and O–H groups in total. The van der Waals surface area contributed by atoms with Crippen LogP contribution in [-0.4, -0.2) is 56.7 Å². The highest BCUT2D eigenvalue weighted by Gasteiger charge is 2.24. The number of carbonyl (C=O) groups is 1. The Morgan fingerprint density at radius 1 is 1.00 bits per heavy atom. The first kappa shape index (κ1) is 19.4. The third-order valence-corrected chi connectivity index (χ3v) is 5.52. The van der Waals surface area contributed by atoms with Crippen molar-refractivity contribution in [2.45, 2.75) is 40.5 Å². The Kier molecular flexibility index (Phi) is 5.22. The standard InChI is InChI=1S/C22H28N6O/c1-5-19(29)26-11-6-12-27(14-13-26)21-20-16(3)25-28(22(20)24-17(4)23-21)18-9-7-15(2)8-10-18/h7-10H,5-6,11-14H2,1-4H3. The highest BCUT2D eigenvalue weighted by Crippen LogP contribution is 2.29. The minimum absolute atomic E-state index is 0.222. The highest BCUT2D eigenvalue weighted by atomic mass is 16.2. The predicted octanol–water partition coefficient (Wildman–Crippen LogP) is 3.19. The van der Waals surface area contributed by atoms with E-state index in [1.54, 1.807) is 0 Å². The number of hydrogen-bond acceptors (Lipinski definition) is 5. The van der Waals surface area contributed by atoms with Crippen molar-refractivity contribution in [2.75, 3.05) is 31.1 Å². The van der Waals surface area contributed by atoms with Gasteiger partial charge in [-0.15, -0.1) is 0 Å². The molecular formula is C22H28N6O. The first-order chi connectivity index (χ1) is 14.0. The lowest BCUT2D eigenvalue weighted by Gasteiger charge is -2.23. The lowest BCUT2D eigenvalue weighted by molar-refractivity contribution is -0.130. The molecule has 1 aliphatic heterocycles. The van der Waals surface area contributed by atoms with Gasteiger partial charge in [-0.2, -0.15) is 5.10 Å². The van der Waals surface area contributed by atoms with Gasteiger partial charge in [0, 0.05) is 32.6 Å². The van der Waals surface area contributed by atoms with E-state index in [2.05, 4.69) is 36.1 Å². The van der Waals surface area contributed by atoms with Crippen LogP contribution in [0.2, 0.25) is 0 Å². The van der Waals surface area contributed by atoms with Gasteiger partial charge in [-0.3, -0.25) is 4.79 Å². The summed E-state index contributed by atoms with van der Waals surface area (Å²) < 4.78 is 1.91. The molecule has 0 bridgehead atoms. The summed E-state index contributed by atoms with van der Waals surface area (Å²) in [6.07, 6.45) is 1.49. The molecule has 2 aromatic heterocycles. The van der Waals surface area contributed by atoms with Gasteiger partial charge < -0.3 is 9.80 Å². The molecule has 0 radical (unpaired) electrons. The number of nitrogens with zero attached hydrogens (tertiary/aromatic N) is 6. The Morgan fingerprint density at radius 2 is 1.76 bits per heavy atom. The first-order valence-electron chi connectivity index (χ1n) is 10.3. The summed E-state index contributed by atoms with van der Waals surface area (Å²) in [5.41, 5.74) is 3.96. The van der Waals surface area contributed by atoms with Gasteiger partial charge in [0.25, 0.3) is 0 Å². The molecule has 0 unspecified atom stereocenters. The first-order valence-corrected chi connectivity index (χ1v) is 10.3. The van der Waals surface area contributed by atoms with E-state index in [0.717, 1.165) is 66.7 Å². The van der Waals surface area contributed by atoms with Crippen molar-refractivity contribution in [1.29, 1.82) is 0 Å². The molecule has 1 fully saturated rings. The van der Waals surface area contributed by atoms with Crippen LogP contribution in [-0.2, 0) is 4.79 Å². The summed E-state index contributed by atoms with van der Waals surface area (Å²) in [6.45, 7) is 11.1. The van der Waals surface area contributed by atoms with E-state index in [0.29, 0.717) is 6.42 Å². The molecule has 7 nitrogen and oxygen atoms in total. The maximum atomic E-state index is 12.1. The van der Waals surface area contributed by atoms with E-state index in [9.17, 15) is 4.79 Å². The highest BCUT2D eigenvalue weighted by molar-refractivity contribution is 5.91. The second-order valence-electron chi connectivity index (χ2n) is 7.70. The maximum Gasteiger partial charge on any atom is 0.222 e. The van der Waals surface area contributed by atoms with Crippen LogP contribution in [0.4, 0.5) is 5.82 Å². The maximum absolute atomic E-state index is 12.1. The van der Waals surface area contributed by atoms with Crippen LogP contribution in [0.15, 0.2) is 24.3 Å². The molecule has 1 saturated heterocycles. The van der Waals surface area contributed by atoms with Gasteiger partial charge >= 0.3 is 0 Å². The van der Waals surface area contributed by atoms with Gasteiger partial charge in [0.1, 0.15) is 11.6 Å². The molecule has 1 amide bonds. The van der Waals surface area contributed by atoms with Crippen LogP contribution in [0.25, 0.3) is 16.7 Å². The molecular weight excluding hydrogens is 364 g/mol. The van der Waals surface area contributed by atoms with Crippen molar-refractivity contribution in [2.24, 2.45) is 0 Å². The number of fused-ring (bicyclic) bond motifs is 1. The summed E-state index contributed by atoms with van der Waals surface area (Å²) in [4.78, 5) is 25.9. The molecule has 7 heteroatoms. The molecule has 4 rings (SSSR count). The zero-order valence-corrected chi connectivity index (χ0v) is 17.6. The number of benzene rings is 1. The Balaban J connectivity index is 1.76. The summed E-state index contributed by atoms with van der Waals surface area (Å²) in [5.74, 6) is 1.87. The molecule has 0 aliphatic carbocycles. The fourth-order valence-electron chi connectivity index (χ4n) is 3.96. The molecule has 0 spiro atoms. The van der Waals surface area contributed by atoms with Gasteiger partial charge in [-0.05, 0) is 39.3 Å². The van der Waals surface area contributed by atoms with E-state index < -0.39 is 0 Å². The normalized spacial score (nSPS) is 15.0. The number of anilines is 1. The van der Waals surface area contributed by atoms with Crippen LogP contribution < -0.4 is 4.90 Å². The summed E-state index contributed by atoms with van der Waals surface area (Å²) in [6, 6.07) is 8.31. The van der Waals surface area contributed by atoms with Crippen LogP contribution in [0.5, 0.6) is 0 Å². The average molecular weight is 393 g/mol. The molecule has 29 heavy (non-hydrogen) atoms. The Morgan fingerprint density at radius 3 is 2.48 bits per heavy atom. The van der Waals surface area contributed by atoms with Crippen molar-refractivity contribution in [3.63, 3.8) is 0 Å². The zero-order chi connectivity index (χ0) is 20.5. The number of amides is 1. The van der Waals surface area contributed by atoms with Crippen molar-refractivity contribution >= 4 is 22.8 Å². The topological polar surface area (TPSA) is 67.2 Å². The Labute approximate surface area is 171 Å². The van der Waals surface area contributed by atoms with Gasteiger partial charge in [0.2, 0.25) is 5.91 Å². The number of aryl methyl sites for hydroxylation is 3. The molecule has 152 valence electrons. The zero-order valence-electron chi connectivity index (χ0n) is 17.6. The second kappa shape index (κ2) is 7.81. The van der Waals surface area contributed by atoms with Crippen LogP contribution in [0.1, 0.15) is 36.8 Å². The minimum Gasteiger partial charge on any atom is -0.354 e. The van der Waals surface area contributed by atoms with Crippen LogP contribution in [0, 0.1) is 20.8 Å². The molecule has 1 aliphatic rings. The lowest BCUT2D eigenvalue weighted by Crippen LogP contribution is -2.35. The quantitative estimate of drug-likeness (QED) is 0.685. The summed E-state index contributed by atoms with van der Waals surface area (Å²) >= 11 is 0. The van der Waals surface area contributed by atoms with Crippen molar-refractivity contribution < 1.29 is 4.79 Å². The number of aromatic nitrogens is 4. The molecule has 3 heterocycles. The van der Waals surface area contributed by atoms with Crippen LogP contribution in [0.3, 0.4) is 0 Å². The smallest absolute Gasteiger partial charge is 0.222 e. The second-order valence-corrected chi connectivity index (χ2v) is 7.70. The predicted molar refractivity (Wildman–Crippen MR) is 115 cm³/mol. The van der Waals surface area contributed by atoms with Crippen molar-refractivity contribution in [3.05, 3.63) is 41.3 Å². The van der Waals surface area contributed by atoms with E-state index in [1.807, 2.05) is 30.4 Å². The third kappa shape index (κ3) is 3.69. The average Bonchev–Trinajstić information content (AvgIpc) is 2.90. The van der Waals surface area contributed by atoms with Crippen LogP contribution >= 0.6 is 0 Å². The largest absolute Gasteiger partial charge is 0.354 e. The van der Waals surface area contributed by atoms with Gasteiger partial charge in [-0.1, -0.05) is 24.6 Å². The van der Waals surface area contributed by atoms with E-state index >= 15 is 0 Å². The van der Waals surface area contributed by atoms with E-state index in [4.69, 9.17) is 15.1 Å². The lowest BCUT2D eigenvalue weighted by atomic mass is 10.2. The van der Waals surface area contributed by atoms with E-state index in [-0.39, 0.29) is 5.91 Å². The van der Waals surface area contributed by atoms with E-state index in [1.165, 1.54) is 5.56 Å². The molecule has 3 aromatic rings. The SMILES string of the molecule is CCC(=O)N1CCCN(c2nc(C)nc3c2c(C)nn3-c2ccc(C)cc2)CC1.